The molecule has 9 rings (SSSR count). The van der Waals surface area contributed by atoms with Gasteiger partial charge in [-0.3, -0.25) is 0 Å². The minimum absolute atomic E-state index is 1.32. The minimum atomic E-state index is -1.92. The summed E-state index contributed by atoms with van der Waals surface area (Å²) in [5.74, 6) is 0. The Labute approximate surface area is 207 Å². The van der Waals surface area contributed by atoms with Gasteiger partial charge in [0.15, 0.2) is 0 Å². The summed E-state index contributed by atoms with van der Waals surface area (Å²) in [6, 6.07) is 29.8. The molecule has 0 amide bonds. The predicted octanol–water partition coefficient (Wildman–Crippen LogP) is 7.35. The second-order valence-corrected chi connectivity index (χ2v) is 15.9. The van der Waals surface area contributed by atoms with Crippen molar-refractivity contribution in [1.82, 2.24) is 8.97 Å². The maximum absolute atomic E-state index is 2.72. The van der Waals surface area contributed by atoms with Gasteiger partial charge in [-0.2, -0.15) is 0 Å². The molecule has 0 radical (unpaired) electrons. The van der Waals surface area contributed by atoms with Crippen LogP contribution in [0.5, 0.6) is 0 Å². The standard InChI is InChI=1S/C31H22N2SSi/c1-32-21-12-8-11-19-25-17-9-4-6-13-23(17)34-30(25)33-29-20(15-16-22(32)28(29)27(19)21)26-18-10-5-7-14-24(18)35(2,3)31(26)33/h4-16H,1-3H3. The van der Waals surface area contributed by atoms with E-state index in [2.05, 4.69) is 108 Å². The molecule has 0 spiro atoms. The molecule has 8 aromatic rings. The van der Waals surface area contributed by atoms with Crippen molar-refractivity contribution in [3.05, 3.63) is 78.9 Å². The molecule has 0 fully saturated rings. The average Bonchev–Trinajstić information content (AvgIpc) is 3.54. The monoisotopic (exact) mass is 482 g/mol. The molecule has 0 saturated carbocycles. The highest BCUT2D eigenvalue weighted by atomic mass is 32.1. The SMILES string of the molecule is Cn1c2cccc3c2c2c1ccc1c4c(n(c5sc6ccccc6c35)c12)[Si](C)(C)c1ccccc1-4. The number of aromatic nitrogens is 2. The summed E-state index contributed by atoms with van der Waals surface area (Å²) in [6.45, 7) is 5.09. The third-order valence-corrected chi connectivity index (χ3v) is 13.2. The van der Waals surface area contributed by atoms with E-state index in [4.69, 9.17) is 0 Å². The van der Waals surface area contributed by atoms with E-state index in [0.717, 1.165) is 0 Å². The van der Waals surface area contributed by atoms with Crippen LogP contribution in [0.4, 0.5) is 0 Å². The fraction of sp³-hybridized carbons (Fsp3) is 0.0968. The zero-order valence-corrected chi connectivity index (χ0v) is 21.6. The first-order valence-electron chi connectivity index (χ1n) is 12.3. The summed E-state index contributed by atoms with van der Waals surface area (Å²) >= 11 is 1.96. The first-order chi connectivity index (χ1) is 17.1. The Kier molecular flexibility index (Phi) is 3.09. The molecule has 0 N–H and O–H groups in total. The van der Waals surface area contributed by atoms with Crippen molar-refractivity contribution >= 4 is 88.3 Å². The van der Waals surface area contributed by atoms with Gasteiger partial charge in [0.25, 0.3) is 0 Å². The van der Waals surface area contributed by atoms with Crippen LogP contribution in [0.3, 0.4) is 0 Å². The van der Waals surface area contributed by atoms with Crippen LogP contribution in [0.1, 0.15) is 0 Å². The van der Waals surface area contributed by atoms with Gasteiger partial charge < -0.3 is 8.97 Å². The lowest BCUT2D eigenvalue weighted by Crippen LogP contribution is -2.51. The lowest BCUT2D eigenvalue weighted by atomic mass is 10.0. The van der Waals surface area contributed by atoms with Gasteiger partial charge in [-0.25, -0.2) is 0 Å². The van der Waals surface area contributed by atoms with E-state index in [1.807, 2.05) is 11.3 Å². The number of benzene rings is 4. The third-order valence-electron chi connectivity index (χ3n) is 8.64. The largest absolute Gasteiger partial charge is 0.344 e. The van der Waals surface area contributed by atoms with E-state index in [-0.39, 0.29) is 0 Å². The summed E-state index contributed by atoms with van der Waals surface area (Å²) in [6.07, 6.45) is 0. The number of thiophene rings is 1. The summed E-state index contributed by atoms with van der Waals surface area (Å²) in [5, 5.41) is 11.5. The van der Waals surface area contributed by atoms with Crippen LogP contribution in [-0.2, 0) is 7.05 Å². The molecular weight excluding hydrogens is 461 g/mol. The molecule has 4 aromatic heterocycles. The van der Waals surface area contributed by atoms with E-state index >= 15 is 0 Å². The zero-order valence-electron chi connectivity index (χ0n) is 19.8. The molecular formula is C31H22N2SSi. The summed E-state index contributed by atoms with van der Waals surface area (Å²) in [5.41, 5.74) is 6.98. The van der Waals surface area contributed by atoms with Crippen LogP contribution < -0.4 is 10.5 Å². The van der Waals surface area contributed by atoms with E-state index < -0.39 is 8.07 Å². The van der Waals surface area contributed by atoms with Gasteiger partial charge in [0.1, 0.15) is 12.9 Å². The third kappa shape index (κ3) is 1.91. The fourth-order valence-corrected chi connectivity index (χ4v) is 11.8. The van der Waals surface area contributed by atoms with Crippen LogP contribution >= 0.6 is 11.3 Å². The highest BCUT2D eigenvalue weighted by Crippen LogP contribution is 2.48. The average molecular weight is 483 g/mol. The highest BCUT2D eigenvalue weighted by molar-refractivity contribution is 7.25. The Bertz CT molecular complexity index is 2200. The van der Waals surface area contributed by atoms with Gasteiger partial charge in [-0.1, -0.05) is 73.8 Å². The molecule has 4 aromatic carbocycles. The molecule has 0 aliphatic carbocycles. The Balaban J connectivity index is 1.74. The number of fused-ring (bicyclic) bond motifs is 10. The number of nitrogens with zero attached hydrogens (tertiary/aromatic N) is 2. The molecule has 2 nitrogen and oxygen atoms in total. The van der Waals surface area contributed by atoms with E-state index in [0.29, 0.717) is 0 Å². The Morgan fingerprint density at radius 2 is 1.46 bits per heavy atom. The molecule has 1 aliphatic rings. The number of aryl methyl sites for hydroxylation is 1. The lowest BCUT2D eigenvalue weighted by molar-refractivity contribution is 1.01. The minimum Gasteiger partial charge on any atom is -0.344 e. The predicted molar refractivity (Wildman–Crippen MR) is 155 cm³/mol. The molecule has 5 heterocycles. The first-order valence-corrected chi connectivity index (χ1v) is 16.1. The molecule has 0 atom stereocenters. The van der Waals surface area contributed by atoms with Gasteiger partial charge in [0.2, 0.25) is 0 Å². The maximum atomic E-state index is 2.72. The van der Waals surface area contributed by atoms with Crippen LogP contribution in [0.15, 0.2) is 78.9 Å². The lowest BCUT2D eigenvalue weighted by Gasteiger charge is -2.19. The molecule has 0 unspecified atom stereocenters. The maximum Gasteiger partial charge on any atom is 0.134 e. The molecule has 0 saturated heterocycles. The Hall–Kier alpha value is -3.60. The van der Waals surface area contributed by atoms with Crippen LogP contribution in [0, 0.1) is 0 Å². The smallest absolute Gasteiger partial charge is 0.134 e. The summed E-state index contributed by atoms with van der Waals surface area (Å²) < 4.78 is 6.48. The van der Waals surface area contributed by atoms with Crippen molar-refractivity contribution in [2.24, 2.45) is 7.05 Å². The topological polar surface area (TPSA) is 9.34 Å². The van der Waals surface area contributed by atoms with Gasteiger partial charge in [-0.05, 0) is 34.3 Å². The van der Waals surface area contributed by atoms with Crippen molar-refractivity contribution in [1.29, 1.82) is 0 Å². The summed E-state index contributed by atoms with van der Waals surface area (Å²) in [4.78, 5) is 1.39. The summed E-state index contributed by atoms with van der Waals surface area (Å²) in [7, 11) is 0.302. The zero-order chi connectivity index (χ0) is 23.2. The van der Waals surface area contributed by atoms with Crippen molar-refractivity contribution in [3.63, 3.8) is 0 Å². The van der Waals surface area contributed by atoms with Crippen molar-refractivity contribution in [2.75, 3.05) is 0 Å². The molecule has 4 heteroatoms. The molecule has 166 valence electrons. The number of rotatable bonds is 0. The van der Waals surface area contributed by atoms with Gasteiger partial charge in [0.05, 0.1) is 11.0 Å². The molecule has 1 aliphatic heterocycles. The highest BCUT2D eigenvalue weighted by Gasteiger charge is 2.42. The van der Waals surface area contributed by atoms with Crippen LogP contribution in [0.2, 0.25) is 13.1 Å². The van der Waals surface area contributed by atoms with E-state index in [9.17, 15) is 0 Å². The van der Waals surface area contributed by atoms with Crippen molar-refractivity contribution < 1.29 is 0 Å². The Morgan fingerprint density at radius 1 is 0.686 bits per heavy atom. The van der Waals surface area contributed by atoms with E-state index in [1.54, 1.807) is 10.5 Å². The second kappa shape index (κ2) is 5.78. The van der Waals surface area contributed by atoms with Gasteiger partial charge in [0, 0.05) is 55.1 Å². The first kappa shape index (κ1) is 18.7. The fourth-order valence-electron chi connectivity index (χ4n) is 7.20. The van der Waals surface area contributed by atoms with Crippen molar-refractivity contribution in [3.8, 4) is 11.1 Å². The second-order valence-electron chi connectivity index (χ2n) is 10.6. The van der Waals surface area contributed by atoms with Crippen LogP contribution in [-0.4, -0.2) is 17.0 Å². The quantitative estimate of drug-likeness (QED) is 0.200. The molecule has 0 bridgehead atoms. The van der Waals surface area contributed by atoms with Gasteiger partial charge in [-0.15, -0.1) is 11.3 Å². The number of hydrogen-bond acceptors (Lipinski definition) is 1. The van der Waals surface area contributed by atoms with E-state index in [1.165, 1.54) is 69.5 Å². The number of hydrogen-bond donors (Lipinski definition) is 0. The normalized spacial score (nSPS) is 14.9. The van der Waals surface area contributed by atoms with Crippen molar-refractivity contribution in [2.45, 2.75) is 13.1 Å². The van der Waals surface area contributed by atoms with Crippen LogP contribution in [0.25, 0.3) is 69.5 Å². The molecule has 35 heavy (non-hydrogen) atoms. The Morgan fingerprint density at radius 3 is 2.37 bits per heavy atom. The van der Waals surface area contributed by atoms with Gasteiger partial charge >= 0.3 is 0 Å².